The van der Waals surface area contributed by atoms with Crippen LogP contribution < -0.4 is 5.32 Å². The van der Waals surface area contributed by atoms with Crippen molar-refractivity contribution in [1.29, 1.82) is 0 Å². The fourth-order valence-electron chi connectivity index (χ4n) is 2.23. The van der Waals surface area contributed by atoms with Crippen molar-refractivity contribution in [2.75, 3.05) is 0 Å². The topological polar surface area (TPSA) is 29.9 Å². The number of hydrogen-bond donors (Lipinski definition) is 1. The number of nitrogens with zero attached hydrogens (tertiary/aromatic N) is 2. The maximum atomic E-state index is 4.52. The number of nitrogens with one attached hydrogen (secondary N) is 1. The van der Waals surface area contributed by atoms with Crippen molar-refractivity contribution < 1.29 is 0 Å². The number of halogens is 1. The van der Waals surface area contributed by atoms with Crippen LogP contribution in [-0.2, 0) is 20.0 Å². The third-order valence-electron chi connectivity index (χ3n) is 3.66. The van der Waals surface area contributed by atoms with Crippen LogP contribution in [0.4, 0.5) is 0 Å². The minimum atomic E-state index is 0.322. The van der Waals surface area contributed by atoms with Crippen LogP contribution in [0.15, 0.2) is 28.7 Å². The molecule has 0 saturated heterocycles. The molecule has 1 atom stereocenters. The minimum Gasteiger partial charge on any atom is -0.305 e. The third-order valence-corrected chi connectivity index (χ3v) is 4.57. The summed E-state index contributed by atoms with van der Waals surface area (Å²) in [6.07, 6.45) is 0.946. The van der Waals surface area contributed by atoms with Crippen molar-refractivity contribution in [2.24, 2.45) is 7.05 Å². The van der Waals surface area contributed by atoms with Crippen molar-refractivity contribution in [1.82, 2.24) is 15.1 Å². The van der Waals surface area contributed by atoms with E-state index in [0.29, 0.717) is 6.04 Å². The zero-order valence-corrected chi connectivity index (χ0v) is 14.2. The largest absolute Gasteiger partial charge is 0.305 e. The van der Waals surface area contributed by atoms with E-state index in [1.165, 1.54) is 16.8 Å². The molecule has 0 saturated carbocycles. The Balaban J connectivity index is 2.05. The van der Waals surface area contributed by atoms with Gasteiger partial charge in [-0.05, 0) is 41.8 Å². The Kier molecular flexibility index (Phi) is 5.00. The van der Waals surface area contributed by atoms with Gasteiger partial charge in [0.05, 0.1) is 15.9 Å². The summed E-state index contributed by atoms with van der Waals surface area (Å²) >= 11 is 3.65. The van der Waals surface area contributed by atoms with Gasteiger partial charge in [-0.2, -0.15) is 5.10 Å². The molecule has 0 bridgehead atoms. The molecule has 0 aliphatic heterocycles. The maximum Gasteiger partial charge on any atom is 0.0767 e. The first-order valence-electron chi connectivity index (χ1n) is 7.03. The Bertz CT molecular complexity index is 572. The van der Waals surface area contributed by atoms with Crippen molar-refractivity contribution in [3.63, 3.8) is 0 Å². The monoisotopic (exact) mass is 335 g/mol. The number of aryl methyl sites for hydroxylation is 3. The highest BCUT2D eigenvalue weighted by Gasteiger charge is 2.13. The van der Waals surface area contributed by atoms with E-state index in [1.807, 2.05) is 11.7 Å². The minimum absolute atomic E-state index is 0.322. The van der Waals surface area contributed by atoms with E-state index in [1.54, 1.807) is 0 Å². The van der Waals surface area contributed by atoms with E-state index in [0.717, 1.165) is 23.1 Å². The van der Waals surface area contributed by atoms with Gasteiger partial charge in [-0.15, -0.1) is 0 Å². The van der Waals surface area contributed by atoms with E-state index < -0.39 is 0 Å². The van der Waals surface area contributed by atoms with Gasteiger partial charge in [-0.25, -0.2) is 0 Å². The van der Waals surface area contributed by atoms with Gasteiger partial charge in [0.25, 0.3) is 0 Å². The number of rotatable bonds is 5. The Morgan fingerprint density at radius 1 is 1.30 bits per heavy atom. The molecular weight excluding hydrogens is 314 g/mol. The molecule has 0 aliphatic carbocycles. The number of benzene rings is 1. The molecule has 1 N–H and O–H groups in total. The lowest BCUT2D eigenvalue weighted by atomic mass is 10.1. The summed E-state index contributed by atoms with van der Waals surface area (Å²) in [5.74, 6) is 0. The summed E-state index contributed by atoms with van der Waals surface area (Å²) in [7, 11) is 2.00. The quantitative estimate of drug-likeness (QED) is 0.897. The highest BCUT2D eigenvalue weighted by atomic mass is 79.9. The molecule has 0 spiro atoms. The predicted molar refractivity (Wildman–Crippen MR) is 86.7 cm³/mol. The van der Waals surface area contributed by atoms with Gasteiger partial charge < -0.3 is 5.32 Å². The normalized spacial score (nSPS) is 12.7. The van der Waals surface area contributed by atoms with Crippen molar-refractivity contribution >= 4 is 15.9 Å². The van der Waals surface area contributed by atoms with Gasteiger partial charge in [0.2, 0.25) is 0 Å². The second kappa shape index (κ2) is 6.55. The van der Waals surface area contributed by atoms with Gasteiger partial charge in [-0.1, -0.05) is 36.8 Å². The molecule has 0 aliphatic rings. The first kappa shape index (κ1) is 15.3. The van der Waals surface area contributed by atoms with Crippen molar-refractivity contribution in [3.8, 4) is 0 Å². The summed E-state index contributed by atoms with van der Waals surface area (Å²) in [4.78, 5) is 0. The molecule has 1 heterocycles. The van der Waals surface area contributed by atoms with Crippen LogP contribution in [0.25, 0.3) is 0 Å². The molecule has 4 heteroatoms. The van der Waals surface area contributed by atoms with Gasteiger partial charge >= 0.3 is 0 Å². The Hall–Kier alpha value is -1.13. The first-order chi connectivity index (χ1) is 9.52. The Labute approximate surface area is 129 Å². The lowest BCUT2D eigenvalue weighted by Crippen LogP contribution is -2.20. The Morgan fingerprint density at radius 2 is 1.95 bits per heavy atom. The zero-order chi connectivity index (χ0) is 14.7. The Morgan fingerprint density at radius 3 is 2.50 bits per heavy atom. The van der Waals surface area contributed by atoms with Gasteiger partial charge in [-0.3, -0.25) is 4.68 Å². The third kappa shape index (κ3) is 3.30. The SMILES string of the molecule is CCc1nn(C)c(CNC(C)c2ccc(C)cc2)c1Br. The van der Waals surface area contributed by atoms with Crippen molar-refractivity contribution in [2.45, 2.75) is 39.8 Å². The lowest BCUT2D eigenvalue weighted by molar-refractivity contribution is 0.546. The molecule has 1 aromatic heterocycles. The van der Waals surface area contributed by atoms with Crippen molar-refractivity contribution in [3.05, 3.63) is 51.3 Å². The first-order valence-corrected chi connectivity index (χ1v) is 7.82. The van der Waals surface area contributed by atoms with Gasteiger partial charge in [0.15, 0.2) is 0 Å². The molecule has 3 nitrogen and oxygen atoms in total. The summed E-state index contributed by atoms with van der Waals surface area (Å²) in [5.41, 5.74) is 4.92. The molecule has 0 fully saturated rings. The average molecular weight is 336 g/mol. The predicted octanol–water partition coefficient (Wildman–Crippen LogP) is 3.90. The van der Waals surface area contributed by atoms with E-state index in [2.05, 4.69) is 71.4 Å². The molecule has 2 aromatic rings. The lowest BCUT2D eigenvalue weighted by Gasteiger charge is -2.15. The molecule has 1 aromatic carbocycles. The molecule has 2 rings (SSSR count). The average Bonchev–Trinajstić information content (AvgIpc) is 2.71. The van der Waals surface area contributed by atoms with Crippen LogP contribution in [0.1, 0.15) is 42.4 Å². The van der Waals surface area contributed by atoms with E-state index in [4.69, 9.17) is 0 Å². The van der Waals surface area contributed by atoms with E-state index in [-0.39, 0.29) is 0 Å². The molecule has 20 heavy (non-hydrogen) atoms. The van der Waals surface area contributed by atoms with E-state index >= 15 is 0 Å². The van der Waals surface area contributed by atoms with Crippen LogP contribution >= 0.6 is 15.9 Å². The fraction of sp³-hybridized carbons (Fsp3) is 0.438. The summed E-state index contributed by atoms with van der Waals surface area (Å²) in [6.45, 7) is 7.23. The fourth-order valence-corrected chi connectivity index (χ4v) is 2.99. The molecule has 1 unspecified atom stereocenters. The second-order valence-corrected chi connectivity index (χ2v) is 5.99. The van der Waals surface area contributed by atoms with Crippen LogP contribution in [0.5, 0.6) is 0 Å². The van der Waals surface area contributed by atoms with Crippen LogP contribution in [0.2, 0.25) is 0 Å². The van der Waals surface area contributed by atoms with Crippen LogP contribution in [0.3, 0.4) is 0 Å². The molecule has 108 valence electrons. The summed E-state index contributed by atoms with van der Waals surface area (Å²) in [6, 6.07) is 9.00. The zero-order valence-electron chi connectivity index (χ0n) is 12.6. The maximum absolute atomic E-state index is 4.52. The van der Waals surface area contributed by atoms with Crippen LogP contribution in [-0.4, -0.2) is 9.78 Å². The highest BCUT2D eigenvalue weighted by molar-refractivity contribution is 9.10. The van der Waals surface area contributed by atoms with Gasteiger partial charge in [0, 0.05) is 19.6 Å². The number of aromatic nitrogens is 2. The highest BCUT2D eigenvalue weighted by Crippen LogP contribution is 2.22. The smallest absolute Gasteiger partial charge is 0.0767 e. The molecule has 0 amide bonds. The molecule has 0 radical (unpaired) electrons. The number of hydrogen-bond acceptors (Lipinski definition) is 2. The summed E-state index contributed by atoms with van der Waals surface area (Å²) in [5, 5.41) is 8.08. The van der Waals surface area contributed by atoms with E-state index in [9.17, 15) is 0 Å². The van der Waals surface area contributed by atoms with Crippen LogP contribution in [0, 0.1) is 6.92 Å². The van der Waals surface area contributed by atoms with Gasteiger partial charge in [0.1, 0.15) is 0 Å². The summed E-state index contributed by atoms with van der Waals surface area (Å²) < 4.78 is 3.09. The standard InChI is InChI=1S/C16H22BrN3/c1-5-14-16(17)15(20(4)19-14)10-18-12(3)13-8-6-11(2)7-9-13/h6-9,12,18H,5,10H2,1-4H3. The molecular formula is C16H22BrN3. The second-order valence-electron chi connectivity index (χ2n) is 5.20.